The fraction of sp³-hybridized carbons (Fsp3) is 0.929. The highest BCUT2D eigenvalue weighted by molar-refractivity contribution is 5.83. The van der Waals surface area contributed by atoms with Crippen molar-refractivity contribution in [2.45, 2.75) is 44.6 Å². The summed E-state index contributed by atoms with van der Waals surface area (Å²) in [5.74, 6) is 2.91. The second kappa shape index (κ2) is 3.47. The largest absolute Gasteiger partial charge is 0.377 e. The van der Waals surface area contributed by atoms with Gasteiger partial charge in [0.1, 0.15) is 0 Å². The lowest BCUT2D eigenvalue weighted by Gasteiger charge is -2.56. The number of amides is 1. The Morgan fingerprint density at radius 1 is 1.00 bits per heavy atom. The number of ether oxygens (including phenoxy) is 1. The van der Waals surface area contributed by atoms with E-state index in [4.69, 9.17) is 4.74 Å². The van der Waals surface area contributed by atoms with Gasteiger partial charge in [-0.05, 0) is 56.3 Å². The van der Waals surface area contributed by atoms with E-state index in [1.807, 2.05) is 0 Å². The fourth-order valence-electron chi connectivity index (χ4n) is 5.05. The number of hydrogen-bond donors (Lipinski definition) is 1. The van der Waals surface area contributed by atoms with Crippen molar-refractivity contribution in [2.24, 2.45) is 23.2 Å². The first-order chi connectivity index (χ1) is 8.23. The molecule has 3 heteroatoms. The molecule has 0 aromatic heterocycles. The van der Waals surface area contributed by atoms with E-state index in [2.05, 4.69) is 5.32 Å². The van der Waals surface area contributed by atoms with Gasteiger partial charge in [-0.1, -0.05) is 0 Å². The Kier molecular flexibility index (Phi) is 2.11. The van der Waals surface area contributed by atoms with Crippen molar-refractivity contribution in [3.05, 3.63) is 0 Å². The van der Waals surface area contributed by atoms with Crippen molar-refractivity contribution in [3.63, 3.8) is 0 Å². The molecule has 0 aromatic carbocycles. The van der Waals surface area contributed by atoms with Crippen molar-refractivity contribution in [1.82, 2.24) is 5.32 Å². The lowest BCUT2D eigenvalue weighted by atomic mass is 9.49. The smallest absolute Gasteiger partial charge is 0.226 e. The molecule has 5 aliphatic rings. The molecular weight excluding hydrogens is 214 g/mol. The summed E-state index contributed by atoms with van der Waals surface area (Å²) < 4.78 is 5.14. The van der Waals surface area contributed by atoms with Crippen molar-refractivity contribution in [2.75, 3.05) is 13.2 Å². The van der Waals surface area contributed by atoms with Gasteiger partial charge in [0.05, 0.1) is 19.3 Å². The summed E-state index contributed by atoms with van der Waals surface area (Å²) in [6.45, 7) is 1.44. The van der Waals surface area contributed by atoms with Crippen LogP contribution in [0.5, 0.6) is 0 Å². The maximum absolute atomic E-state index is 12.5. The third-order valence-electron chi connectivity index (χ3n) is 5.49. The van der Waals surface area contributed by atoms with E-state index >= 15 is 0 Å². The molecule has 1 saturated heterocycles. The molecule has 0 unspecified atom stereocenters. The molecule has 0 atom stereocenters. The SMILES string of the molecule is O=C(NC1COC1)C12CC3CC(CC(C3)C1)C2. The minimum Gasteiger partial charge on any atom is -0.377 e. The van der Waals surface area contributed by atoms with Gasteiger partial charge in [-0.3, -0.25) is 4.79 Å². The lowest BCUT2D eigenvalue weighted by Crippen LogP contribution is -2.58. The second-order valence-electron chi connectivity index (χ2n) is 6.91. The number of hydrogen-bond acceptors (Lipinski definition) is 2. The van der Waals surface area contributed by atoms with Gasteiger partial charge in [-0.15, -0.1) is 0 Å². The number of carbonyl (C=O) groups is 1. The van der Waals surface area contributed by atoms with Crippen LogP contribution in [0.15, 0.2) is 0 Å². The molecular formula is C14H21NO2. The molecule has 1 heterocycles. The Morgan fingerprint density at radius 3 is 1.94 bits per heavy atom. The average molecular weight is 235 g/mol. The Labute approximate surface area is 102 Å². The molecule has 0 radical (unpaired) electrons. The van der Waals surface area contributed by atoms with E-state index in [-0.39, 0.29) is 5.41 Å². The predicted octanol–water partition coefficient (Wildman–Crippen LogP) is 1.72. The van der Waals surface area contributed by atoms with Crippen LogP contribution >= 0.6 is 0 Å². The van der Waals surface area contributed by atoms with E-state index < -0.39 is 0 Å². The van der Waals surface area contributed by atoms with Gasteiger partial charge < -0.3 is 10.1 Å². The summed E-state index contributed by atoms with van der Waals surface area (Å²) in [6.07, 6.45) is 7.70. The standard InChI is InChI=1S/C14H21NO2/c16-13(15-12-7-17-8-12)14-4-9-1-10(5-14)3-11(2-9)6-14/h9-12H,1-8H2,(H,15,16). The summed E-state index contributed by atoms with van der Waals surface area (Å²) in [5, 5.41) is 3.21. The zero-order valence-electron chi connectivity index (χ0n) is 10.3. The van der Waals surface area contributed by atoms with Gasteiger partial charge in [-0.2, -0.15) is 0 Å². The van der Waals surface area contributed by atoms with Crippen LogP contribution in [0.3, 0.4) is 0 Å². The van der Waals surface area contributed by atoms with Crippen LogP contribution in [0, 0.1) is 23.2 Å². The molecule has 3 nitrogen and oxygen atoms in total. The van der Waals surface area contributed by atoms with Crippen LogP contribution in [-0.4, -0.2) is 25.2 Å². The Balaban J connectivity index is 1.53. The minimum absolute atomic E-state index is 0.0182. The van der Waals surface area contributed by atoms with E-state index in [0.717, 1.165) is 31.0 Å². The van der Waals surface area contributed by atoms with Crippen LogP contribution < -0.4 is 5.32 Å². The van der Waals surface area contributed by atoms with Crippen LogP contribution in [-0.2, 0) is 9.53 Å². The van der Waals surface area contributed by atoms with Crippen molar-refractivity contribution >= 4 is 5.91 Å². The van der Waals surface area contributed by atoms with Crippen LogP contribution in [0.1, 0.15) is 38.5 Å². The third-order valence-corrected chi connectivity index (χ3v) is 5.49. The molecule has 4 aliphatic carbocycles. The third kappa shape index (κ3) is 1.55. The molecule has 17 heavy (non-hydrogen) atoms. The average Bonchev–Trinajstić information content (AvgIpc) is 2.21. The highest BCUT2D eigenvalue weighted by Gasteiger charge is 2.54. The summed E-state index contributed by atoms with van der Waals surface area (Å²) in [4.78, 5) is 12.5. The van der Waals surface area contributed by atoms with Gasteiger partial charge in [0.2, 0.25) is 5.91 Å². The van der Waals surface area contributed by atoms with Crippen molar-refractivity contribution in [1.29, 1.82) is 0 Å². The topological polar surface area (TPSA) is 38.3 Å². The first kappa shape index (κ1) is 10.4. The van der Waals surface area contributed by atoms with E-state index in [0.29, 0.717) is 11.9 Å². The maximum atomic E-state index is 12.5. The molecule has 94 valence electrons. The molecule has 1 N–H and O–H groups in total. The lowest BCUT2D eigenvalue weighted by molar-refractivity contribution is -0.150. The van der Waals surface area contributed by atoms with Gasteiger partial charge in [-0.25, -0.2) is 0 Å². The zero-order valence-corrected chi connectivity index (χ0v) is 10.3. The second-order valence-corrected chi connectivity index (χ2v) is 6.91. The molecule has 0 spiro atoms. The monoisotopic (exact) mass is 235 g/mol. The van der Waals surface area contributed by atoms with Crippen LogP contribution in [0.25, 0.3) is 0 Å². The molecule has 4 saturated carbocycles. The maximum Gasteiger partial charge on any atom is 0.226 e. The molecule has 1 aliphatic heterocycles. The van der Waals surface area contributed by atoms with Crippen molar-refractivity contribution in [3.8, 4) is 0 Å². The van der Waals surface area contributed by atoms with E-state index in [1.54, 1.807) is 0 Å². The molecule has 5 rings (SSSR count). The first-order valence-electron chi connectivity index (χ1n) is 7.12. The number of nitrogens with one attached hydrogen (secondary N) is 1. The predicted molar refractivity (Wildman–Crippen MR) is 63.4 cm³/mol. The minimum atomic E-state index is 0.0182. The first-order valence-corrected chi connectivity index (χ1v) is 7.12. The molecule has 1 amide bonds. The Morgan fingerprint density at radius 2 is 1.53 bits per heavy atom. The normalized spacial score (nSPS) is 47.9. The van der Waals surface area contributed by atoms with E-state index in [1.165, 1.54) is 38.5 Å². The Bertz CT molecular complexity index is 313. The zero-order chi connectivity index (χ0) is 11.5. The van der Waals surface area contributed by atoms with Gasteiger partial charge >= 0.3 is 0 Å². The highest BCUT2D eigenvalue weighted by Crippen LogP contribution is 2.60. The summed E-state index contributed by atoms with van der Waals surface area (Å²) >= 11 is 0. The Hall–Kier alpha value is -0.570. The van der Waals surface area contributed by atoms with Crippen LogP contribution in [0.4, 0.5) is 0 Å². The quantitative estimate of drug-likeness (QED) is 0.791. The van der Waals surface area contributed by atoms with E-state index in [9.17, 15) is 4.79 Å². The highest BCUT2D eigenvalue weighted by atomic mass is 16.5. The molecule has 0 aromatic rings. The van der Waals surface area contributed by atoms with Gasteiger partial charge in [0.25, 0.3) is 0 Å². The van der Waals surface area contributed by atoms with Crippen LogP contribution in [0.2, 0.25) is 0 Å². The van der Waals surface area contributed by atoms with Crippen molar-refractivity contribution < 1.29 is 9.53 Å². The molecule has 4 bridgehead atoms. The van der Waals surface area contributed by atoms with Gasteiger partial charge in [0.15, 0.2) is 0 Å². The summed E-state index contributed by atoms with van der Waals surface area (Å²) in [5.41, 5.74) is 0.0182. The fourth-order valence-corrected chi connectivity index (χ4v) is 5.05. The molecule has 5 fully saturated rings. The number of rotatable bonds is 2. The summed E-state index contributed by atoms with van der Waals surface area (Å²) in [6, 6.07) is 0.301. The summed E-state index contributed by atoms with van der Waals surface area (Å²) in [7, 11) is 0. The number of carbonyl (C=O) groups excluding carboxylic acids is 1. The van der Waals surface area contributed by atoms with Gasteiger partial charge in [0, 0.05) is 5.41 Å².